The lowest BCUT2D eigenvalue weighted by Gasteiger charge is -2.13. The number of nitrogens with zero attached hydrogens (tertiary/aromatic N) is 4. The summed E-state index contributed by atoms with van der Waals surface area (Å²) in [6.07, 6.45) is 0.555. The number of aliphatic imine (C=N–C) groups is 1. The van der Waals surface area contributed by atoms with Crippen LogP contribution >= 0.6 is 0 Å². The molecular formula is C22H27FN6O. The normalized spacial score (nSPS) is 11.4. The van der Waals surface area contributed by atoms with Gasteiger partial charge in [0.05, 0.1) is 20.2 Å². The van der Waals surface area contributed by atoms with Gasteiger partial charge in [0.25, 0.3) is 0 Å². The molecule has 0 amide bonds. The summed E-state index contributed by atoms with van der Waals surface area (Å²) in [6.45, 7) is 3.43. The first-order valence-electron chi connectivity index (χ1n) is 9.80. The molecule has 0 saturated carbocycles. The molecule has 3 aromatic rings. The van der Waals surface area contributed by atoms with Gasteiger partial charge in [-0.25, -0.2) is 9.38 Å². The van der Waals surface area contributed by atoms with E-state index in [2.05, 4.69) is 25.8 Å². The zero-order chi connectivity index (χ0) is 21.3. The van der Waals surface area contributed by atoms with Crippen LogP contribution in [0.1, 0.15) is 22.8 Å². The third-order valence-corrected chi connectivity index (χ3v) is 4.82. The molecule has 0 radical (unpaired) electrons. The molecule has 7 nitrogen and oxygen atoms in total. The van der Waals surface area contributed by atoms with Crippen LogP contribution in [0.2, 0.25) is 0 Å². The van der Waals surface area contributed by atoms with E-state index in [9.17, 15) is 4.39 Å². The molecule has 0 atom stereocenters. The number of aromatic nitrogens is 3. The highest BCUT2D eigenvalue weighted by Gasteiger charge is 2.07. The van der Waals surface area contributed by atoms with Gasteiger partial charge in [0.15, 0.2) is 11.8 Å². The first-order valence-corrected chi connectivity index (χ1v) is 9.80. The highest BCUT2D eigenvalue weighted by molar-refractivity contribution is 5.79. The predicted molar refractivity (Wildman–Crippen MR) is 115 cm³/mol. The number of nitrogens with one attached hydrogen (secondary N) is 2. The van der Waals surface area contributed by atoms with Gasteiger partial charge >= 0.3 is 0 Å². The fourth-order valence-corrected chi connectivity index (χ4v) is 2.86. The SMILES string of the molecule is COc1ccc(CN=C(NCCc2ccccc2F)NCc2nnc(C)n2C)cc1. The maximum atomic E-state index is 13.9. The standard InChI is InChI=1S/C22H27FN6O/c1-16-27-28-21(29(16)2)15-26-22(24-13-12-18-6-4-5-7-20(18)23)25-14-17-8-10-19(30-3)11-9-17/h4-11H,12-15H2,1-3H3,(H2,24,25,26). The van der Waals surface area contributed by atoms with Gasteiger partial charge in [-0.2, -0.15) is 0 Å². The molecule has 1 heterocycles. The molecule has 2 N–H and O–H groups in total. The molecule has 0 aliphatic rings. The summed E-state index contributed by atoms with van der Waals surface area (Å²) in [5.74, 6) is 2.89. The summed E-state index contributed by atoms with van der Waals surface area (Å²) in [6, 6.07) is 14.6. The Morgan fingerprint density at radius 3 is 2.53 bits per heavy atom. The molecule has 1 aromatic heterocycles. The van der Waals surface area contributed by atoms with Crippen LogP contribution in [0.15, 0.2) is 53.5 Å². The molecule has 30 heavy (non-hydrogen) atoms. The molecule has 8 heteroatoms. The lowest BCUT2D eigenvalue weighted by Crippen LogP contribution is -2.38. The van der Waals surface area contributed by atoms with Crippen LogP contribution in [0.25, 0.3) is 0 Å². The minimum atomic E-state index is -0.196. The average molecular weight is 410 g/mol. The zero-order valence-electron chi connectivity index (χ0n) is 17.5. The van der Waals surface area contributed by atoms with Crippen LogP contribution in [0.3, 0.4) is 0 Å². The topological polar surface area (TPSA) is 76.4 Å². The van der Waals surface area contributed by atoms with E-state index >= 15 is 0 Å². The molecular weight excluding hydrogens is 383 g/mol. The van der Waals surface area contributed by atoms with Gasteiger partial charge in [-0.3, -0.25) is 0 Å². The number of hydrogen-bond acceptors (Lipinski definition) is 4. The van der Waals surface area contributed by atoms with Crippen molar-refractivity contribution in [3.8, 4) is 5.75 Å². The quantitative estimate of drug-likeness (QED) is 0.441. The van der Waals surface area contributed by atoms with Gasteiger partial charge in [-0.1, -0.05) is 30.3 Å². The van der Waals surface area contributed by atoms with Crippen molar-refractivity contribution in [2.45, 2.75) is 26.4 Å². The van der Waals surface area contributed by atoms with E-state index < -0.39 is 0 Å². The van der Waals surface area contributed by atoms with Gasteiger partial charge in [0, 0.05) is 13.6 Å². The minimum absolute atomic E-state index is 0.196. The molecule has 0 fully saturated rings. The minimum Gasteiger partial charge on any atom is -0.497 e. The Labute approximate surface area is 176 Å². The van der Waals surface area contributed by atoms with E-state index in [1.165, 1.54) is 6.07 Å². The van der Waals surface area contributed by atoms with E-state index in [-0.39, 0.29) is 5.82 Å². The summed E-state index contributed by atoms with van der Waals surface area (Å²) >= 11 is 0. The Morgan fingerprint density at radius 2 is 1.87 bits per heavy atom. The van der Waals surface area contributed by atoms with Crippen molar-refractivity contribution in [2.24, 2.45) is 12.0 Å². The smallest absolute Gasteiger partial charge is 0.191 e. The van der Waals surface area contributed by atoms with Gasteiger partial charge in [0.2, 0.25) is 0 Å². The summed E-state index contributed by atoms with van der Waals surface area (Å²) in [4.78, 5) is 4.66. The van der Waals surface area contributed by atoms with Crippen LogP contribution in [0, 0.1) is 12.7 Å². The van der Waals surface area contributed by atoms with Crippen molar-refractivity contribution < 1.29 is 9.13 Å². The molecule has 0 unspecified atom stereocenters. The second-order valence-corrected chi connectivity index (χ2v) is 6.86. The third kappa shape index (κ3) is 5.79. The second kappa shape index (κ2) is 10.4. The molecule has 2 aromatic carbocycles. The maximum Gasteiger partial charge on any atom is 0.191 e. The van der Waals surface area contributed by atoms with Crippen molar-refractivity contribution in [2.75, 3.05) is 13.7 Å². The Balaban J connectivity index is 1.64. The Kier molecular flexibility index (Phi) is 7.37. The van der Waals surface area contributed by atoms with E-state index in [0.29, 0.717) is 37.6 Å². The van der Waals surface area contributed by atoms with Crippen molar-refractivity contribution in [3.63, 3.8) is 0 Å². The van der Waals surface area contributed by atoms with Crippen molar-refractivity contribution in [1.82, 2.24) is 25.4 Å². The van der Waals surface area contributed by atoms with Crippen molar-refractivity contribution in [1.29, 1.82) is 0 Å². The first kappa shape index (κ1) is 21.3. The van der Waals surface area contributed by atoms with Crippen molar-refractivity contribution >= 4 is 5.96 Å². The molecule has 0 aliphatic heterocycles. The number of ether oxygens (including phenoxy) is 1. The lowest BCUT2D eigenvalue weighted by atomic mass is 10.1. The van der Waals surface area contributed by atoms with Crippen LogP contribution in [0.5, 0.6) is 5.75 Å². The van der Waals surface area contributed by atoms with E-state index in [1.54, 1.807) is 19.2 Å². The molecule has 158 valence electrons. The van der Waals surface area contributed by atoms with Crippen LogP contribution in [-0.2, 0) is 26.6 Å². The van der Waals surface area contributed by atoms with Gasteiger partial charge < -0.3 is 19.9 Å². The fourth-order valence-electron chi connectivity index (χ4n) is 2.86. The number of rotatable bonds is 8. The van der Waals surface area contributed by atoms with E-state index in [1.807, 2.05) is 48.9 Å². The van der Waals surface area contributed by atoms with Crippen LogP contribution in [0.4, 0.5) is 4.39 Å². The predicted octanol–water partition coefficient (Wildman–Crippen LogP) is 2.75. The fraction of sp³-hybridized carbons (Fsp3) is 0.318. The highest BCUT2D eigenvalue weighted by atomic mass is 19.1. The Hall–Kier alpha value is -3.42. The zero-order valence-corrected chi connectivity index (χ0v) is 17.5. The Morgan fingerprint density at radius 1 is 1.10 bits per heavy atom. The molecule has 3 rings (SSSR count). The van der Waals surface area contributed by atoms with Gasteiger partial charge in [0.1, 0.15) is 17.4 Å². The summed E-state index contributed by atoms with van der Waals surface area (Å²) in [7, 11) is 3.56. The van der Waals surface area contributed by atoms with Crippen LogP contribution < -0.4 is 15.4 Å². The average Bonchev–Trinajstić information content (AvgIpc) is 3.09. The lowest BCUT2D eigenvalue weighted by molar-refractivity contribution is 0.414. The highest BCUT2D eigenvalue weighted by Crippen LogP contribution is 2.12. The van der Waals surface area contributed by atoms with Crippen LogP contribution in [-0.4, -0.2) is 34.4 Å². The molecule has 0 spiro atoms. The van der Waals surface area contributed by atoms with E-state index in [0.717, 1.165) is 23.0 Å². The third-order valence-electron chi connectivity index (χ3n) is 4.82. The first-order chi connectivity index (χ1) is 14.6. The number of hydrogen-bond donors (Lipinski definition) is 2. The largest absolute Gasteiger partial charge is 0.497 e. The summed E-state index contributed by atoms with van der Waals surface area (Å²) in [5.41, 5.74) is 1.73. The number of benzene rings is 2. The maximum absolute atomic E-state index is 13.9. The molecule has 0 bridgehead atoms. The summed E-state index contributed by atoms with van der Waals surface area (Å²) in [5, 5.41) is 14.8. The number of aryl methyl sites for hydroxylation is 1. The summed E-state index contributed by atoms with van der Waals surface area (Å²) < 4.78 is 21.0. The monoisotopic (exact) mass is 410 g/mol. The van der Waals surface area contributed by atoms with Crippen molar-refractivity contribution in [3.05, 3.63) is 77.1 Å². The molecule has 0 aliphatic carbocycles. The number of methoxy groups -OCH3 is 1. The second-order valence-electron chi connectivity index (χ2n) is 6.86. The molecule has 0 saturated heterocycles. The Bertz CT molecular complexity index is 984. The van der Waals surface area contributed by atoms with Gasteiger partial charge in [-0.15, -0.1) is 10.2 Å². The van der Waals surface area contributed by atoms with Gasteiger partial charge in [-0.05, 0) is 42.7 Å². The van der Waals surface area contributed by atoms with E-state index in [4.69, 9.17) is 4.74 Å². The number of halogens is 1. The number of guanidine groups is 1.